The highest BCUT2D eigenvalue weighted by Gasteiger charge is 2.40. The summed E-state index contributed by atoms with van der Waals surface area (Å²) < 4.78 is 1.35. The number of nitrogens with one attached hydrogen (secondary N) is 2. The molecule has 1 aromatic heterocycles. The largest absolute Gasteiger partial charge is 0.396 e. The predicted molar refractivity (Wildman–Crippen MR) is 149 cm³/mol. The van der Waals surface area contributed by atoms with Gasteiger partial charge < -0.3 is 31.3 Å². The summed E-state index contributed by atoms with van der Waals surface area (Å²) in [5, 5.41) is 26.1. The molecule has 4 rings (SSSR count). The number of carbonyl (C=O) groups excluding carboxylic acids is 4. The summed E-state index contributed by atoms with van der Waals surface area (Å²) in [5.74, 6) is -2.50. The smallest absolute Gasteiger partial charge is 0.319 e. The molecule has 0 bridgehead atoms. The maximum absolute atomic E-state index is 13.3. The lowest BCUT2D eigenvalue weighted by molar-refractivity contribution is -0.150. The number of rotatable bonds is 10. The first-order chi connectivity index (χ1) is 19.5. The molecule has 0 spiro atoms. The molecule has 41 heavy (non-hydrogen) atoms. The van der Waals surface area contributed by atoms with Crippen molar-refractivity contribution in [3.8, 4) is 5.69 Å². The van der Waals surface area contributed by atoms with E-state index in [9.17, 15) is 19.2 Å². The Bertz CT molecular complexity index is 1430. The Morgan fingerprint density at radius 1 is 1.10 bits per heavy atom. The van der Waals surface area contributed by atoms with E-state index in [1.807, 2.05) is 0 Å². The summed E-state index contributed by atoms with van der Waals surface area (Å²) in [6.07, 6.45) is 1.81. The third-order valence-electron chi connectivity index (χ3n) is 6.61. The lowest BCUT2D eigenvalue weighted by Gasteiger charge is -2.37. The van der Waals surface area contributed by atoms with Crippen molar-refractivity contribution in [1.82, 2.24) is 30.4 Å². The summed E-state index contributed by atoms with van der Waals surface area (Å²) in [6, 6.07) is 9.95. The maximum atomic E-state index is 13.3. The average molecular weight is 584 g/mol. The molecule has 216 valence electrons. The first kappa shape index (κ1) is 29.4. The van der Waals surface area contributed by atoms with Gasteiger partial charge in [0.2, 0.25) is 5.91 Å². The number of piperazine rings is 1. The number of primary amides is 1. The van der Waals surface area contributed by atoms with Crippen LogP contribution >= 0.6 is 11.6 Å². The quantitative estimate of drug-likeness (QED) is 0.253. The number of benzene rings is 2. The molecule has 0 saturated carbocycles. The number of aliphatic hydroxyl groups is 1. The number of amides is 5. The minimum Gasteiger partial charge on any atom is -0.396 e. The minimum absolute atomic E-state index is 0.0448. The fourth-order valence-electron chi connectivity index (χ4n) is 4.48. The molecule has 5 N–H and O–H groups in total. The topological polar surface area (TPSA) is 189 Å². The second-order valence-electron chi connectivity index (χ2n) is 10.1. The van der Waals surface area contributed by atoms with E-state index in [0.717, 1.165) is 0 Å². The van der Waals surface area contributed by atoms with Crippen LogP contribution in [0.5, 0.6) is 0 Å². The molecule has 3 aromatic rings. The van der Waals surface area contributed by atoms with E-state index in [1.54, 1.807) is 50.2 Å². The monoisotopic (exact) mass is 583 g/mol. The lowest BCUT2D eigenvalue weighted by Crippen LogP contribution is -2.60. The highest BCUT2D eigenvalue weighted by atomic mass is 35.5. The van der Waals surface area contributed by atoms with Crippen molar-refractivity contribution in [2.45, 2.75) is 38.3 Å². The van der Waals surface area contributed by atoms with Crippen LogP contribution in [0, 0.1) is 0 Å². The Labute approximate surface area is 240 Å². The maximum Gasteiger partial charge on any atom is 0.319 e. The van der Waals surface area contributed by atoms with Crippen LogP contribution in [-0.2, 0) is 20.8 Å². The number of nitrogens with two attached hydrogens (primary N) is 1. The third kappa shape index (κ3) is 6.96. The standard InChI is InChI=1S/C26H30ClN9O5/c1-26(2,9-12-37)31-25(41)30-18-6-3-16(4-7-18)13-21(22(28)38)35-11-10-34(23(39)24(35)40)20-14-17(27)5-8-19(20)36-15-29-32-33-36/h3-8,14-15,21,37H,9-13H2,1-2H3,(H2,28,38)(H2,30,31,41)/t21-/m0/s1. The predicted octanol–water partition coefficient (Wildman–Crippen LogP) is 0.870. The number of urea groups is 1. The van der Waals surface area contributed by atoms with Gasteiger partial charge in [-0.05, 0) is 66.6 Å². The van der Waals surface area contributed by atoms with Crippen molar-refractivity contribution in [3.63, 3.8) is 0 Å². The lowest BCUT2D eigenvalue weighted by atomic mass is 10.0. The molecule has 1 aliphatic heterocycles. The zero-order valence-electron chi connectivity index (χ0n) is 22.5. The Balaban J connectivity index is 1.45. The van der Waals surface area contributed by atoms with Crippen molar-refractivity contribution >= 4 is 46.7 Å². The van der Waals surface area contributed by atoms with Gasteiger partial charge in [-0.15, -0.1) is 5.10 Å². The fraction of sp³-hybridized carbons (Fsp3) is 0.346. The molecular formula is C26H30ClN9O5. The number of aliphatic hydroxyl groups excluding tert-OH is 1. The fourth-order valence-corrected chi connectivity index (χ4v) is 4.64. The summed E-state index contributed by atoms with van der Waals surface area (Å²) in [4.78, 5) is 53.7. The number of anilines is 2. The van der Waals surface area contributed by atoms with Crippen molar-refractivity contribution in [1.29, 1.82) is 0 Å². The van der Waals surface area contributed by atoms with Crippen LogP contribution in [0.2, 0.25) is 5.02 Å². The molecule has 14 nitrogen and oxygen atoms in total. The van der Waals surface area contributed by atoms with Gasteiger partial charge in [-0.3, -0.25) is 14.4 Å². The number of carbonyl (C=O) groups is 4. The molecule has 1 aliphatic rings. The normalized spacial score (nSPS) is 14.6. The second-order valence-corrected chi connectivity index (χ2v) is 10.5. The SMILES string of the molecule is CC(C)(CCO)NC(=O)Nc1ccc(C[C@@H](C(N)=O)N2CCN(c3cc(Cl)ccc3-n3cnnn3)C(=O)C2=O)cc1. The van der Waals surface area contributed by atoms with Gasteiger partial charge in [0.05, 0.1) is 11.4 Å². The summed E-state index contributed by atoms with van der Waals surface area (Å²) in [6.45, 7) is 3.65. The van der Waals surface area contributed by atoms with E-state index in [0.29, 0.717) is 34.1 Å². The van der Waals surface area contributed by atoms with Gasteiger partial charge in [0, 0.05) is 42.4 Å². The van der Waals surface area contributed by atoms with Gasteiger partial charge in [-0.25, -0.2) is 4.79 Å². The molecule has 1 atom stereocenters. The Kier molecular flexibility index (Phi) is 8.83. The number of hydrogen-bond donors (Lipinski definition) is 4. The van der Waals surface area contributed by atoms with E-state index in [4.69, 9.17) is 22.4 Å². The molecule has 15 heteroatoms. The number of halogens is 1. The van der Waals surface area contributed by atoms with Gasteiger partial charge >= 0.3 is 17.8 Å². The molecule has 5 amide bonds. The molecule has 0 radical (unpaired) electrons. The zero-order valence-corrected chi connectivity index (χ0v) is 23.2. The second kappa shape index (κ2) is 12.3. The molecule has 2 aromatic carbocycles. The van der Waals surface area contributed by atoms with Gasteiger partial charge in [-0.1, -0.05) is 23.7 Å². The van der Waals surface area contributed by atoms with E-state index in [1.165, 1.54) is 26.9 Å². The van der Waals surface area contributed by atoms with Crippen molar-refractivity contribution in [2.75, 3.05) is 29.9 Å². The minimum atomic E-state index is -1.08. The van der Waals surface area contributed by atoms with Gasteiger partial charge in [-0.2, -0.15) is 4.68 Å². The highest BCUT2D eigenvalue weighted by molar-refractivity contribution is 6.41. The Hall–Kier alpha value is -4.56. The van der Waals surface area contributed by atoms with E-state index >= 15 is 0 Å². The van der Waals surface area contributed by atoms with Crippen LogP contribution in [0.25, 0.3) is 5.69 Å². The van der Waals surface area contributed by atoms with Crippen molar-refractivity contribution in [3.05, 3.63) is 59.4 Å². The zero-order chi connectivity index (χ0) is 29.7. The number of aromatic nitrogens is 4. The number of tetrazole rings is 1. The van der Waals surface area contributed by atoms with E-state index in [2.05, 4.69) is 26.2 Å². The molecule has 2 heterocycles. The third-order valence-corrected chi connectivity index (χ3v) is 6.85. The van der Waals surface area contributed by atoms with Crippen molar-refractivity contribution in [2.24, 2.45) is 5.73 Å². The van der Waals surface area contributed by atoms with Crippen molar-refractivity contribution < 1.29 is 24.3 Å². The molecule has 1 saturated heterocycles. The molecule has 0 aliphatic carbocycles. The van der Waals surface area contributed by atoms with Crippen LogP contribution < -0.4 is 21.3 Å². The molecular weight excluding hydrogens is 554 g/mol. The summed E-state index contributed by atoms with van der Waals surface area (Å²) in [5.41, 5.74) is 7.03. The number of hydrogen-bond acceptors (Lipinski definition) is 8. The van der Waals surface area contributed by atoms with Gasteiger partial charge in [0.25, 0.3) is 0 Å². The Morgan fingerprint density at radius 3 is 2.46 bits per heavy atom. The first-order valence-corrected chi connectivity index (χ1v) is 13.1. The van der Waals surface area contributed by atoms with E-state index in [-0.39, 0.29) is 26.1 Å². The summed E-state index contributed by atoms with van der Waals surface area (Å²) in [7, 11) is 0. The van der Waals surface area contributed by atoms with Crippen LogP contribution in [0.4, 0.5) is 16.2 Å². The Morgan fingerprint density at radius 2 is 1.83 bits per heavy atom. The first-order valence-electron chi connectivity index (χ1n) is 12.7. The number of nitrogens with zero attached hydrogens (tertiary/aromatic N) is 6. The summed E-state index contributed by atoms with van der Waals surface area (Å²) >= 11 is 6.18. The van der Waals surface area contributed by atoms with Crippen LogP contribution in [-0.4, -0.2) is 85.2 Å². The molecule has 0 unspecified atom stereocenters. The molecule has 1 fully saturated rings. The van der Waals surface area contributed by atoms with Crippen LogP contribution in [0.1, 0.15) is 25.8 Å². The average Bonchev–Trinajstić information content (AvgIpc) is 3.44. The van der Waals surface area contributed by atoms with Crippen LogP contribution in [0.3, 0.4) is 0 Å². The van der Waals surface area contributed by atoms with Gasteiger partial charge in [0.1, 0.15) is 12.4 Å². The van der Waals surface area contributed by atoms with Gasteiger partial charge in [0.15, 0.2) is 0 Å². The highest BCUT2D eigenvalue weighted by Crippen LogP contribution is 2.29. The van der Waals surface area contributed by atoms with Crippen LogP contribution in [0.15, 0.2) is 48.8 Å². The van der Waals surface area contributed by atoms with E-state index < -0.39 is 35.3 Å².